The van der Waals surface area contributed by atoms with Gasteiger partial charge in [0, 0.05) is 46.3 Å². The molecule has 7 heteroatoms. The molecule has 0 aliphatic rings. The number of nitrogens with zero attached hydrogens (tertiary/aromatic N) is 1. The number of hydrogen-bond acceptors (Lipinski definition) is 5. The second-order valence-electron chi connectivity index (χ2n) is 6.97. The number of nitrogens with one attached hydrogen (secondary N) is 2. The number of H-pyrrole nitrogens is 1. The van der Waals surface area contributed by atoms with Crippen molar-refractivity contribution in [1.82, 2.24) is 9.97 Å². The van der Waals surface area contributed by atoms with Crippen LogP contribution in [0.3, 0.4) is 0 Å². The van der Waals surface area contributed by atoms with Crippen molar-refractivity contribution in [2.45, 2.75) is 13.5 Å². The number of carbonyl (C=O) groups excluding carboxylic acids is 2. The minimum absolute atomic E-state index is 0.287. The Balaban J connectivity index is 1.53. The van der Waals surface area contributed by atoms with Crippen molar-refractivity contribution in [3.8, 4) is 11.5 Å². The van der Waals surface area contributed by atoms with Gasteiger partial charge in [0.2, 0.25) is 0 Å². The van der Waals surface area contributed by atoms with Crippen molar-refractivity contribution >= 4 is 28.3 Å². The van der Waals surface area contributed by atoms with Crippen LogP contribution in [0.25, 0.3) is 10.9 Å². The third kappa shape index (κ3) is 4.25. The highest BCUT2D eigenvalue weighted by molar-refractivity contribution is 6.48. The first-order chi connectivity index (χ1) is 15.1. The van der Waals surface area contributed by atoms with Gasteiger partial charge in [-0.05, 0) is 31.2 Å². The minimum atomic E-state index is -0.726. The lowest BCUT2D eigenvalue weighted by atomic mass is 10.1. The molecule has 0 fully saturated rings. The summed E-state index contributed by atoms with van der Waals surface area (Å²) in [5.74, 6) is -0.375. The lowest BCUT2D eigenvalue weighted by molar-refractivity contribution is -0.112. The Hall–Kier alpha value is -4.13. The molecule has 1 amide bonds. The second-order valence-corrected chi connectivity index (χ2v) is 6.97. The molecular weight excluding hydrogens is 394 g/mol. The van der Waals surface area contributed by atoms with Crippen LogP contribution in [0, 0.1) is 6.92 Å². The van der Waals surface area contributed by atoms with Gasteiger partial charge in [-0.25, -0.2) is 0 Å². The number of hydrogen-bond donors (Lipinski definition) is 2. The molecule has 0 saturated heterocycles. The number of aryl methyl sites for hydroxylation is 1. The monoisotopic (exact) mass is 415 g/mol. The Labute approximate surface area is 179 Å². The number of rotatable bonds is 7. The summed E-state index contributed by atoms with van der Waals surface area (Å²) in [7, 11) is 1.54. The topological polar surface area (TPSA) is 93.3 Å². The summed E-state index contributed by atoms with van der Waals surface area (Å²) in [6.45, 7) is 2.06. The molecule has 0 bridgehead atoms. The largest absolute Gasteiger partial charge is 0.493 e. The molecule has 0 unspecified atom stereocenters. The highest BCUT2D eigenvalue weighted by Gasteiger charge is 2.23. The average molecular weight is 415 g/mol. The maximum absolute atomic E-state index is 12.9. The van der Waals surface area contributed by atoms with Gasteiger partial charge in [0.15, 0.2) is 11.5 Å². The lowest BCUT2D eigenvalue weighted by Crippen LogP contribution is -2.23. The van der Waals surface area contributed by atoms with Crippen molar-refractivity contribution in [1.29, 1.82) is 0 Å². The first-order valence-corrected chi connectivity index (χ1v) is 9.69. The molecule has 0 saturated carbocycles. The zero-order chi connectivity index (χ0) is 21.8. The number of anilines is 1. The fourth-order valence-electron chi connectivity index (χ4n) is 3.38. The molecule has 0 radical (unpaired) electrons. The number of fused-ring (bicyclic) bond motifs is 1. The normalized spacial score (nSPS) is 10.6. The quantitative estimate of drug-likeness (QED) is 0.347. The molecule has 0 aliphatic carbocycles. The molecule has 4 aromatic rings. The third-order valence-electron chi connectivity index (χ3n) is 4.87. The first-order valence-electron chi connectivity index (χ1n) is 9.69. The highest BCUT2D eigenvalue weighted by atomic mass is 16.5. The summed E-state index contributed by atoms with van der Waals surface area (Å²) in [5, 5.41) is 3.38. The van der Waals surface area contributed by atoms with Gasteiger partial charge < -0.3 is 19.8 Å². The number of amides is 1. The molecule has 2 N–H and O–H groups in total. The number of para-hydroxylation sites is 1. The van der Waals surface area contributed by atoms with Gasteiger partial charge in [-0.2, -0.15) is 0 Å². The van der Waals surface area contributed by atoms with Crippen LogP contribution in [-0.4, -0.2) is 28.8 Å². The summed E-state index contributed by atoms with van der Waals surface area (Å²) in [6, 6.07) is 16.1. The maximum Gasteiger partial charge on any atom is 0.296 e. The van der Waals surface area contributed by atoms with Crippen molar-refractivity contribution in [2.75, 3.05) is 12.4 Å². The Morgan fingerprint density at radius 1 is 1.06 bits per heavy atom. The van der Waals surface area contributed by atoms with Crippen LogP contribution in [0.4, 0.5) is 5.69 Å². The van der Waals surface area contributed by atoms with Crippen LogP contribution >= 0.6 is 0 Å². The minimum Gasteiger partial charge on any atom is -0.493 e. The highest BCUT2D eigenvalue weighted by Crippen LogP contribution is 2.31. The van der Waals surface area contributed by atoms with Crippen LogP contribution in [0.5, 0.6) is 11.5 Å². The van der Waals surface area contributed by atoms with Crippen LogP contribution in [0.1, 0.15) is 21.6 Å². The number of methoxy groups -OCH3 is 1. The van der Waals surface area contributed by atoms with E-state index in [4.69, 9.17) is 9.47 Å². The van der Waals surface area contributed by atoms with E-state index < -0.39 is 11.7 Å². The fourth-order valence-corrected chi connectivity index (χ4v) is 3.38. The molecule has 156 valence electrons. The predicted molar refractivity (Wildman–Crippen MR) is 118 cm³/mol. The Kier molecular flexibility index (Phi) is 5.66. The van der Waals surface area contributed by atoms with Crippen molar-refractivity contribution in [2.24, 2.45) is 0 Å². The molecule has 7 nitrogen and oxygen atoms in total. The van der Waals surface area contributed by atoms with E-state index in [0.29, 0.717) is 28.4 Å². The van der Waals surface area contributed by atoms with Gasteiger partial charge in [-0.15, -0.1) is 0 Å². The number of aromatic nitrogens is 2. The Bertz CT molecular complexity index is 1250. The van der Waals surface area contributed by atoms with E-state index in [-0.39, 0.29) is 6.61 Å². The van der Waals surface area contributed by atoms with Crippen LogP contribution < -0.4 is 14.8 Å². The summed E-state index contributed by atoms with van der Waals surface area (Å²) >= 11 is 0. The number of carbonyl (C=O) groups is 2. The van der Waals surface area contributed by atoms with E-state index in [1.807, 2.05) is 36.4 Å². The van der Waals surface area contributed by atoms with Gasteiger partial charge in [-0.1, -0.05) is 24.3 Å². The summed E-state index contributed by atoms with van der Waals surface area (Å²) < 4.78 is 11.2. The molecular formula is C24H21N3O4. The van der Waals surface area contributed by atoms with E-state index in [1.165, 1.54) is 7.11 Å². The Morgan fingerprint density at radius 3 is 2.68 bits per heavy atom. The van der Waals surface area contributed by atoms with Gasteiger partial charge in [0.05, 0.1) is 12.7 Å². The van der Waals surface area contributed by atoms with Crippen molar-refractivity contribution < 1.29 is 19.1 Å². The number of ketones is 1. The number of aromatic amines is 1. The van der Waals surface area contributed by atoms with E-state index >= 15 is 0 Å². The number of ether oxygens (including phenoxy) is 2. The molecule has 0 aliphatic heterocycles. The maximum atomic E-state index is 12.9. The van der Waals surface area contributed by atoms with Crippen molar-refractivity contribution in [3.05, 3.63) is 83.8 Å². The standard InChI is InChI=1S/C24H21N3O4/c1-15-22(18-7-3-4-8-19(18)26-15)23(28)24(29)27-17-9-10-20(30-2)21(12-17)31-14-16-6-5-11-25-13-16/h3-13,26H,14H2,1-2H3,(H,27,29). The molecule has 2 aromatic carbocycles. The predicted octanol–water partition coefficient (Wildman–Crippen LogP) is 4.28. The zero-order valence-electron chi connectivity index (χ0n) is 17.1. The Morgan fingerprint density at radius 2 is 1.90 bits per heavy atom. The number of pyridine rings is 1. The van der Waals surface area contributed by atoms with Gasteiger partial charge in [-0.3, -0.25) is 14.6 Å². The van der Waals surface area contributed by atoms with Crippen LogP contribution in [0.15, 0.2) is 67.0 Å². The van der Waals surface area contributed by atoms with Crippen LogP contribution in [-0.2, 0) is 11.4 Å². The van der Waals surface area contributed by atoms with Gasteiger partial charge >= 0.3 is 0 Å². The third-order valence-corrected chi connectivity index (χ3v) is 4.87. The average Bonchev–Trinajstić information content (AvgIpc) is 3.13. The molecule has 0 spiro atoms. The molecule has 2 heterocycles. The van der Waals surface area contributed by atoms with E-state index in [0.717, 1.165) is 16.5 Å². The number of Topliss-reactive ketones (excluding diaryl/α,β-unsaturated/α-hetero) is 1. The first kappa shape index (κ1) is 20.2. The smallest absolute Gasteiger partial charge is 0.296 e. The lowest BCUT2D eigenvalue weighted by Gasteiger charge is -2.13. The van der Waals surface area contributed by atoms with Crippen molar-refractivity contribution in [3.63, 3.8) is 0 Å². The molecule has 4 rings (SSSR count). The second kappa shape index (κ2) is 8.71. The van der Waals surface area contributed by atoms with Gasteiger partial charge in [0.1, 0.15) is 6.61 Å². The van der Waals surface area contributed by atoms with E-state index in [9.17, 15) is 9.59 Å². The summed E-state index contributed by atoms with van der Waals surface area (Å²) in [6.07, 6.45) is 3.40. The molecule has 31 heavy (non-hydrogen) atoms. The fraction of sp³-hybridized carbons (Fsp3) is 0.125. The SMILES string of the molecule is COc1ccc(NC(=O)C(=O)c2c(C)[nH]c3ccccc23)cc1OCc1cccnc1. The molecule has 0 atom stereocenters. The molecule has 2 aromatic heterocycles. The summed E-state index contributed by atoms with van der Waals surface area (Å²) in [4.78, 5) is 32.8. The van der Waals surface area contributed by atoms with E-state index in [1.54, 1.807) is 37.5 Å². The van der Waals surface area contributed by atoms with Crippen LogP contribution in [0.2, 0.25) is 0 Å². The number of benzene rings is 2. The summed E-state index contributed by atoms with van der Waals surface area (Å²) in [5.41, 5.74) is 3.15. The van der Waals surface area contributed by atoms with E-state index in [2.05, 4.69) is 15.3 Å². The van der Waals surface area contributed by atoms with Gasteiger partial charge in [0.25, 0.3) is 11.7 Å². The zero-order valence-corrected chi connectivity index (χ0v) is 17.1.